The molecular formula is C21H36O3. The third kappa shape index (κ3) is 9.98. The minimum atomic E-state index is -0.0778. The van der Waals surface area contributed by atoms with Crippen molar-refractivity contribution in [1.29, 1.82) is 0 Å². The molecule has 0 aromatic rings. The fraction of sp³-hybridized carbons (Fsp3) is 0.857. The molecule has 0 N–H and O–H groups in total. The van der Waals surface area contributed by atoms with Gasteiger partial charge in [0, 0.05) is 13.5 Å². The van der Waals surface area contributed by atoms with Crippen molar-refractivity contribution in [3.8, 4) is 11.8 Å². The number of rotatable bonds is 11. The van der Waals surface area contributed by atoms with Gasteiger partial charge in [-0.15, -0.1) is 0 Å². The summed E-state index contributed by atoms with van der Waals surface area (Å²) >= 11 is 0. The molecule has 3 nitrogen and oxygen atoms in total. The van der Waals surface area contributed by atoms with Crippen LogP contribution in [0, 0.1) is 17.8 Å². The number of methoxy groups -OCH3 is 1. The van der Waals surface area contributed by atoms with E-state index in [2.05, 4.69) is 18.8 Å². The summed E-state index contributed by atoms with van der Waals surface area (Å²) in [7, 11) is 1.74. The summed E-state index contributed by atoms with van der Waals surface area (Å²) in [6.07, 6.45) is 15.5. The highest BCUT2D eigenvalue weighted by molar-refractivity contribution is 5.72. The fourth-order valence-corrected chi connectivity index (χ4v) is 3.25. The first kappa shape index (κ1) is 21.0. The second-order valence-electron chi connectivity index (χ2n) is 6.90. The van der Waals surface area contributed by atoms with Crippen LogP contribution in [0.5, 0.6) is 0 Å². The molecule has 0 heterocycles. The molecule has 1 aliphatic carbocycles. The van der Waals surface area contributed by atoms with E-state index in [-0.39, 0.29) is 18.5 Å². The largest absolute Gasteiger partial charge is 0.452 e. The molecule has 138 valence electrons. The van der Waals surface area contributed by atoms with E-state index in [1.165, 1.54) is 44.9 Å². The van der Waals surface area contributed by atoms with E-state index in [0.717, 1.165) is 38.5 Å². The number of hydrogen-bond acceptors (Lipinski definition) is 3. The summed E-state index contributed by atoms with van der Waals surface area (Å²) in [6.45, 7) is 2.50. The zero-order valence-electron chi connectivity index (χ0n) is 15.8. The van der Waals surface area contributed by atoms with Crippen LogP contribution in [-0.4, -0.2) is 25.8 Å². The highest BCUT2D eigenvalue weighted by Gasteiger charge is 2.26. The Labute approximate surface area is 148 Å². The van der Waals surface area contributed by atoms with Gasteiger partial charge in [0.25, 0.3) is 0 Å². The molecule has 3 heteroatoms. The predicted octanol–water partition coefficient (Wildman–Crippen LogP) is 5.27. The molecule has 0 aromatic carbocycles. The van der Waals surface area contributed by atoms with Crippen molar-refractivity contribution >= 4 is 5.97 Å². The van der Waals surface area contributed by atoms with Crippen LogP contribution >= 0.6 is 0 Å². The molecule has 24 heavy (non-hydrogen) atoms. The van der Waals surface area contributed by atoms with Crippen LogP contribution < -0.4 is 0 Å². The van der Waals surface area contributed by atoms with Gasteiger partial charge in [-0.05, 0) is 32.1 Å². The van der Waals surface area contributed by atoms with Gasteiger partial charge in [-0.3, -0.25) is 4.79 Å². The Balaban J connectivity index is 1.94. The van der Waals surface area contributed by atoms with Crippen molar-refractivity contribution < 1.29 is 14.3 Å². The normalized spacial score (nSPS) is 20.2. The quantitative estimate of drug-likeness (QED) is 0.293. The van der Waals surface area contributed by atoms with Gasteiger partial charge in [0.2, 0.25) is 0 Å². The smallest absolute Gasteiger partial charge is 0.309 e. The summed E-state index contributed by atoms with van der Waals surface area (Å²) in [5.74, 6) is 6.07. The summed E-state index contributed by atoms with van der Waals surface area (Å²) < 4.78 is 10.6. The molecule has 0 aliphatic heterocycles. The van der Waals surface area contributed by atoms with Gasteiger partial charge < -0.3 is 9.47 Å². The van der Waals surface area contributed by atoms with Crippen molar-refractivity contribution in [2.75, 3.05) is 13.7 Å². The van der Waals surface area contributed by atoms with E-state index in [0.29, 0.717) is 6.10 Å². The Morgan fingerprint density at radius 2 is 1.54 bits per heavy atom. The van der Waals surface area contributed by atoms with E-state index >= 15 is 0 Å². The van der Waals surface area contributed by atoms with Crippen molar-refractivity contribution in [3.05, 3.63) is 0 Å². The molecule has 0 saturated heterocycles. The van der Waals surface area contributed by atoms with Gasteiger partial charge in [0.15, 0.2) is 6.61 Å². The van der Waals surface area contributed by atoms with E-state index in [1.54, 1.807) is 7.11 Å². The summed E-state index contributed by atoms with van der Waals surface area (Å²) in [4.78, 5) is 11.9. The van der Waals surface area contributed by atoms with E-state index < -0.39 is 0 Å². The minimum absolute atomic E-state index is 0.0471. The monoisotopic (exact) mass is 336 g/mol. The van der Waals surface area contributed by atoms with Gasteiger partial charge in [0.05, 0.1) is 12.0 Å². The van der Waals surface area contributed by atoms with Crippen molar-refractivity contribution in [3.63, 3.8) is 0 Å². The number of carbonyl (C=O) groups is 1. The first-order valence-electron chi connectivity index (χ1n) is 9.93. The third-order valence-electron chi connectivity index (χ3n) is 4.91. The summed E-state index contributed by atoms with van der Waals surface area (Å²) in [6, 6.07) is 0. The molecule has 0 amide bonds. The van der Waals surface area contributed by atoms with Crippen LogP contribution in [0.3, 0.4) is 0 Å². The van der Waals surface area contributed by atoms with Gasteiger partial charge in [-0.1, -0.05) is 63.7 Å². The fourth-order valence-electron chi connectivity index (χ4n) is 3.25. The van der Waals surface area contributed by atoms with E-state index in [4.69, 9.17) is 9.47 Å². The molecule has 1 aliphatic rings. The number of esters is 1. The first-order valence-corrected chi connectivity index (χ1v) is 9.93. The molecule has 1 saturated carbocycles. The van der Waals surface area contributed by atoms with Crippen LogP contribution in [-0.2, 0) is 14.3 Å². The Hall–Kier alpha value is -1.01. The Bertz CT molecular complexity index is 372. The topological polar surface area (TPSA) is 35.5 Å². The maximum absolute atomic E-state index is 11.9. The highest BCUT2D eigenvalue weighted by Crippen LogP contribution is 2.26. The molecule has 0 radical (unpaired) electrons. The van der Waals surface area contributed by atoms with Crippen molar-refractivity contribution in [2.24, 2.45) is 5.92 Å². The summed E-state index contributed by atoms with van der Waals surface area (Å²) in [5.41, 5.74) is 0. The molecular weight excluding hydrogens is 300 g/mol. The number of ether oxygens (including phenoxy) is 2. The highest BCUT2D eigenvalue weighted by atomic mass is 16.5. The third-order valence-corrected chi connectivity index (χ3v) is 4.91. The Morgan fingerprint density at radius 3 is 2.17 bits per heavy atom. The van der Waals surface area contributed by atoms with Crippen LogP contribution in [0.4, 0.5) is 0 Å². The Kier molecular flexibility index (Phi) is 12.6. The van der Waals surface area contributed by atoms with Gasteiger partial charge in [-0.2, -0.15) is 0 Å². The predicted molar refractivity (Wildman–Crippen MR) is 98.7 cm³/mol. The van der Waals surface area contributed by atoms with Crippen LogP contribution in [0.15, 0.2) is 0 Å². The maximum Gasteiger partial charge on any atom is 0.309 e. The van der Waals surface area contributed by atoms with E-state index in [9.17, 15) is 4.79 Å². The SMILES string of the molecule is CCCCCCCCCCC#CCOC(=O)C1CCC(OC)CC1. The molecule has 0 aromatic heterocycles. The lowest BCUT2D eigenvalue weighted by atomic mass is 9.87. The second-order valence-corrected chi connectivity index (χ2v) is 6.90. The summed E-state index contributed by atoms with van der Waals surface area (Å²) in [5, 5.41) is 0. The van der Waals surface area contributed by atoms with Crippen molar-refractivity contribution in [1.82, 2.24) is 0 Å². The van der Waals surface area contributed by atoms with Crippen molar-refractivity contribution in [2.45, 2.75) is 96.5 Å². The molecule has 1 rings (SSSR count). The molecule has 0 atom stereocenters. The lowest BCUT2D eigenvalue weighted by Gasteiger charge is -2.25. The zero-order chi connectivity index (χ0) is 17.5. The lowest BCUT2D eigenvalue weighted by Crippen LogP contribution is -2.26. The average molecular weight is 337 g/mol. The van der Waals surface area contributed by atoms with Crippen LogP contribution in [0.1, 0.15) is 90.4 Å². The zero-order valence-corrected chi connectivity index (χ0v) is 15.8. The first-order chi connectivity index (χ1) is 11.8. The van der Waals surface area contributed by atoms with E-state index in [1.807, 2.05) is 0 Å². The standard InChI is InChI=1S/C21H36O3/c1-3-4-5-6-7-8-9-10-11-12-13-18-24-21(22)19-14-16-20(23-2)17-15-19/h19-20H,3-11,14-18H2,1-2H3. The van der Waals surface area contributed by atoms with Gasteiger partial charge in [-0.25, -0.2) is 0 Å². The lowest BCUT2D eigenvalue weighted by molar-refractivity contribution is -0.149. The number of carbonyl (C=O) groups excluding carboxylic acids is 1. The number of hydrogen-bond donors (Lipinski definition) is 0. The van der Waals surface area contributed by atoms with Crippen LogP contribution in [0.2, 0.25) is 0 Å². The molecule has 0 bridgehead atoms. The Morgan fingerprint density at radius 1 is 0.917 bits per heavy atom. The second kappa shape index (κ2) is 14.3. The molecule has 0 unspecified atom stereocenters. The van der Waals surface area contributed by atoms with Crippen LogP contribution in [0.25, 0.3) is 0 Å². The molecule has 0 spiro atoms. The number of unbranched alkanes of at least 4 members (excludes halogenated alkanes) is 8. The maximum atomic E-state index is 11.9. The van der Waals surface area contributed by atoms with Gasteiger partial charge in [0.1, 0.15) is 0 Å². The average Bonchev–Trinajstić information content (AvgIpc) is 2.62. The molecule has 1 fully saturated rings. The minimum Gasteiger partial charge on any atom is -0.452 e. The van der Waals surface area contributed by atoms with Gasteiger partial charge >= 0.3 is 5.97 Å².